The molecule has 1 heterocycles. The van der Waals surface area contributed by atoms with Gasteiger partial charge in [-0.3, -0.25) is 4.98 Å². The van der Waals surface area contributed by atoms with Crippen LogP contribution in [0.2, 0.25) is 0 Å². The van der Waals surface area contributed by atoms with E-state index in [0.29, 0.717) is 10.6 Å². The maximum Gasteiger partial charge on any atom is 0.188 e. The summed E-state index contributed by atoms with van der Waals surface area (Å²) < 4.78 is 0. The van der Waals surface area contributed by atoms with Crippen molar-refractivity contribution in [2.75, 3.05) is 5.08 Å². The highest BCUT2D eigenvalue weighted by Crippen LogP contribution is 2.27. The molecule has 1 aromatic rings. The number of rotatable bonds is 4. The van der Waals surface area contributed by atoms with Crippen molar-refractivity contribution in [1.29, 1.82) is 5.26 Å². The summed E-state index contributed by atoms with van der Waals surface area (Å²) in [6.45, 7) is 1.87. The largest absolute Gasteiger partial charge is 0.410 e. The summed E-state index contributed by atoms with van der Waals surface area (Å²) in [5.74, 6) is 0. The predicted octanol–water partition coefficient (Wildman–Crippen LogP) is 3.03. The molecule has 0 aliphatic rings. The van der Waals surface area contributed by atoms with E-state index in [-0.39, 0.29) is 5.71 Å². The molecule has 0 bridgehead atoms. The maximum absolute atomic E-state index is 8.72. The van der Waals surface area contributed by atoms with Gasteiger partial charge in [-0.05, 0) is 34.6 Å². The van der Waals surface area contributed by atoms with Crippen molar-refractivity contribution in [2.24, 2.45) is 5.16 Å². The van der Waals surface area contributed by atoms with Crippen LogP contribution in [-0.2, 0) is 0 Å². The highest BCUT2D eigenvalue weighted by atomic mass is 35.7. The molecule has 84 valence electrons. The van der Waals surface area contributed by atoms with Gasteiger partial charge in [0.15, 0.2) is 5.71 Å². The molecule has 4 nitrogen and oxygen atoms in total. The van der Waals surface area contributed by atoms with E-state index < -0.39 is 0 Å². The Kier molecular flexibility index (Phi) is 5.46. The molecule has 0 unspecified atom stereocenters. The van der Waals surface area contributed by atoms with Gasteiger partial charge in [0.05, 0.1) is 10.8 Å². The first-order valence-corrected chi connectivity index (χ1v) is 6.98. The third kappa shape index (κ3) is 3.30. The van der Waals surface area contributed by atoms with Gasteiger partial charge >= 0.3 is 0 Å². The van der Waals surface area contributed by atoms with Crippen LogP contribution in [0.4, 0.5) is 0 Å². The standard InChI is InChI=1S/C9H8ClN3OS2/c1-6-9(15-5-16-10)2-7(4-12-6)8(3-11)13-14/h2,4,14H,5H2,1H3/b13-8+. The zero-order valence-corrected chi connectivity index (χ0v) is 10.7. The lowest BCUT2D eigenvalue weighted by Gasteiger charge is -2.04. The molecule has 0 saturated heterocycles. The molecule has 1 N–H and O–H groups in total. The Morgan fingerprint density at radius 1 is 1.75 bits per heavy atom. The zero-order valence-electron chi connectivity index (χ0n) is 8.35. The molecule has 0 aliphatic heterocycles. The van der Waals surface area contributed by atoms with Crippen molar-refractivity contribution < 1.29 is 5.21 Å². The van der Waals surface area contributed by atoms with E-state index in [4.69, 9.17) is 21.2 Å². The molecule has 0 saturated carbocycles. The predicted molar refractivity (Wildman–Crippen MR) is 67.1 cm³/mol. The summed E-state index contributed by atoms with van der Waals surface area (Å²) in [5, 5.41) is 20.9. The van der Waals surface area contributed by atoms with Gasteiger partial charge in [0, 0.05) is 16.7 Å². The van der Waals surface area contributed by atoms with Gasteiger partial charge in [-0.2, -0.15) is 5.26 Å². The van der Waals surface area contributed by atoms with Crippen LogP contribution in [0, 0.1) is 18.3 Å². The number of aryl methyl sites for hydroxylation is 1. The molecule has 0 spiro atoms. The van der Waals surface area contributed by atoms with E-state index in [2.05, 4.69) is 10.1 Å². The van der Waals surface area contributed by atoms with E-state index in [1.165, 1.54) is 28.9 Å². The number of hydrogen-bond donors (Lipinski definition) is 1. The topological polar surface area (TPSA) is 69.3 Å². The van der Waals surface area contributed by atoms with Crippen LogP contribution in [0.5, 0.6) is 0 Å². The van der Waals surface area contributed by atoms with Gasteiger partial charge in [0.1, 0.15) is 6.07 Å². The van der Waals surface area contributed by atoms with Crippen molar-refractivity contribution in [3.05, 3.63) is 23.5 Å². The van der Waals surface area contributed by atoms with Crippen LogP contribution in [0.15, 0.2) is 22.3 Å². The first-order chi connectivity index (χ1) is 7.72. The fourth-order valence-electron chi connectivity index (χ4n) is 1.02. The van der Waals surface area contributed by atoms with Crippen molar-refractivity contribution in [3.63, 3.8) is 0 Å². The van der Waals surface area contributed by atoms with Crippen molar-refractivity contribution in [2.45, 2.75) is 11.8 Å². The lowest BCUT2D eigenvalue weighted by Crippen LogP contribution is -1.99. The Morgan fingerprint density at radius 3 is 3.06 bits per heavy atom. The smallest absolute Gasteiger partial charge is 0.188 e. The molecule has 0 amide bonds. The number of aromatic nitrogens is 1. The summed E-state index contributed by atoms with van der Waals surface area (Å²) in [4.78, 5) is 5.05. The van der Waals surface area contributed by atoms with E-state index in [1.807, 2.05) is 6.92 Å². The van der Waals surface area contributed by atoms with Gasteiger partial charge in [-0.1, -0.05) is 5.16 Å². The first-order valence-electron chi connectivity index (χ1n) is 4.18. The number of nitriles is 1. The highest BCUT2D eigenvalue weighted by Gasteiger charge is 2.07. The number of pyridine rings is 1. The quantitative estimate of drug-likeness (QED) is 0.300. The number of halogens is 1. The molecule has 0 fully saturated rings. The van der Waals surface area contributed by atoms with E-state index in [9.17, 15) is 0 Å². The molecule has 1 rings (SSSR count). The molecular formula is C9H8ClN3OS2. The Labute approximate surface area is 106 Å². The monoisotopic (exact) mass is 273 g/mol. The van der Waals surface area contributed by atoms with Crippen LogP contribution in [0.25, 0.3) is 0 Å². The highest BCUT2D eigenvalue weighted by molar-refractivity contribution is 8.29. The molecule has 0 atom stereocenters. The van der Waals surface area contributed by atoms with E-state index in [1.54, 1.807) is 12.1 Å². The minimum absolute atomic E-state index is 0.0483. The molecule has 7 heteroatoms. The van der Waals surface area contributed by atoms with Gasteiger partial charge in [-0.25, -0.2) is 0 Å². The molecule has 0 aliphatic carbocycles. The first kappa shape index (κ1) is 13.2. The summed E-state index contributed by atoms with van der Waals surface area (Å²) >= 11 is 1.52. The number of hydrogen-bond acceptors (Lipinski definition) is 6. The average Bonchev–Trinajstić information content (AvgIpc) is 2.31. The van der Waals surface area contributed by atoms with Gasteiger partial charge in [0.25, 0.3) is 0 Å². The molecule has 0 aromatic carbocycles. The second kappa shape index (κ2) is 6.63. The summed E-state index contributed by atoms with van der Waals surface area (Å²) in [7, 11) is 6.71. The SMILES string of the molecule is Cc1ncc(/C(C#N)=N/O)cc1SCSCl. The van der Waals surface area contributed by atoms with Gasteiger partial charge in [-0.15, -0.1) is 11.8 Å². The summed E-state index contributed by atoms with van der Waals surface area (Å²) in [6, 6.07) is 3.55. The van der Waals surface area contributed by atoms with E-state index >= 15 is 0 Å². The van der Waals surface area contributed by atoms with E-state index in [0.717, 1.165) is 10.6 Å². The van der Waals surface area contributed by atoms with Crippen molar-refractivity contribution in [3.8, 4) is 6.07 Å². The number of oxime groups is 1. The zero-order chi connectivity index (χ0) is 12.0. The minimum Gasteiger partial charge on any atom is -0.410 e. The fraction of sp³-hybridized carbons (Fsp3) is 0.222. The average molecular weight is 274 g/mol. The summed E-state index contributed by atoms with van der Waals surface area (Å²) in [5.41, 5.74) is 1.31. The lowest BCUT2D eigenvalue weighted by atomic mass is 10.2. The van der Waals surface area contributed by atoms with Crippen molar-refractivity contribution in [1.82, 2.24) is 4.98 Å². The Morgan fingerprint density at radius 2 is 2.50 bits per heavy atom. The maximum atomic E-state index is 8.72. The number of thioether (sulfide) groups is 1. The Bertz CT molecular complexity index is 445. The fourth-order valence-corrected chi connectivity index (χ4v) is 2.58. The Balaban J connectivity index is 3.03. The van der Waals surface area contributed by atoms with Gasteiger partial charge < -0.3 is 5.21 Å². The van der Waals surface area contributed by atoms with Crippen LogP contribution >= 0.6 is 33.4 Å². The lowest BCUT2D eigenvalue weighted by molar-refractivity contribution is 0.320. The number of nitrogens with zero attached hydrogens (tertiary/aromatic N) is 3. The second-order valence-corrected chi connectivity index (χ2v) is 5.28. The third-order valence-corrected chi connectivity index (χ3v) is 4.13. The molecule has 16 heavy (non-hydrogen) atoms. The van der Waals surface area contributed by atoms with Crippen molar-refractivity contribution >= 4 is 39.1 Å². The van der Waals surface area contributed by atoms with Gasteiger partial charge in [0.2, 0.25) is 0 Å². The third-order valence-electron chi connectivity index (χ3n) is 1.78. The molecular weight excluding hydrogens is 266 g/mol. The molecule has 1 aromatic heterocycles. The van der Waals surface area contributed by atoms with Crippen LogP contribution < -0.4 is 0 Å². The second-order valence-electron chi connectivity index (χ2n) is 2.74. The summed E-state index contributed by atoms with van der Waals surface area (Å²) in [6.07, 6.45) is 1.51. The normalized spacial score (nSPS) is 11.2. The Hall–Kier alpha value is -0.900. The van der Waals surface area contributed by atoms with Crippen LogP contribution in [-0.4, -0.2) is 21.0 Å². The minimum atomic E-state index is -0.0483. The molecule has 0 radical (unpaired) electrons. The van der Waals surface area contributed by atoms with Crippen LogP contribution in [0.1, 0.15) is 11.3 Å². The van der Waals surface area contributed by atoms with Crippen LogP contribution in [0.3, 0.4) is 0 Å².